The highest BCUT2D eigenvalue weighted by molar-refractivity contribution is 7.47. The van der Waals surface area contributed by atoms with Crippen molar-refractivity contribution in [1.82, 2.24) is 0 Å². The van der Waals surface area contributed by atoms with Crippen LogP contribution in [0.1, 0.15) is 323 Å². The number of rotatable bonds is 74. The summed E-state index contributed by atoms with van der Waals surface area (Å²) in [6.45, 7) is 4.68. The van der Waals surface area contributed by atoms with E-state index in [2.05, 4.69) is 137 Å². The van der Waals surface area contributed by atoms with E-state index in [0.29, 0.717) is 32.1 Å². The van der Waals surface area contributed by atoms with Gasteiger partial charge in [0.1, 0.15) is 19.3 Å². The van der Waals surface area contributed by atoms with Crippen molar-refractivity contribution in [3.8, 4) is 0 Å². The summed E-state index contributed by atoms with van der Waals surface area (Å²) in [4.78, 5) is 73.0. The van der Waals surface area contributed by atoms with Crippen LogP contribution in [0, 0.1) is 0 Å². The molecule has 3 N–H and O–H groups in total. The van der Waals surface area contributed by atoms with E-state index in [1.54, 1.807) is 0 Å². The van der Waals surface area contributed by atoms with Crippen LogP contribution in [0.25, 0.3) is 0 Å². The standard InChI is InChI=1S/C83H142O17P2/c1-5-9-13-17-21-25-29-33-37-38-42-44-48-52-56-60-64-68-81(86)94-74-79(100-83(88)70-66-62-58-54-50-46-41-36-32-28-24-20-16-12-8-4)76-98-102(91,92)96-72-77(84)71-95-101(89,90)97-75-78(99-82(87)69-65-61-57-53-49-45-40-35-31-27-23-19-15-11-7-3)73-93-80(85)67-63-59-55-51-47-43-39-34-30-26-22-18-14-10-6-2/h21,25-28,30-37,39-42,44,52,56,77-79,84H,5-20,22-24,29,38,43,45-51,53-55,57-76H2,1-4H3,(H,89,90)(H,91,92)/b25-21-,30-26-,31-27-,32-28-,37-33-,39-34-,40-35-,41-36-,44-42-,56-52-/t77-,78+,79+/m0/s1. The van der Waals surface area contributed by atoms with E-state index >= 15 is 0 Å². The lowest BCUT2D eigenvalue weighted by Gasteiger charge is -2.21. The number of phosphoric ester groups is 2. The van der Waals surface area contributed by atoms with Gasteiger partial charge in [0.25, 0.3) is 0 Å². The number of aliphatic hydroxyl groups excluding tert-OH is 1. The minimum absolute atomic E-state index is 0.0632. The maximum Gasteiger partial charge on any atom is 0.472 e. The molecule has 586 valence electrons. The van der Waals surface area contributed by atoms with Crippen molar-refractivity contribution in [2.45, 2.75) is 341 Å². The van der Waals surface area contributed by atoms with Gasteiger partial charge in [-0.1, -0.05) is 278 Å². The molecular formula is C83H142O17P2. The zero-order valence-corrected chi connectivity index (χ0v) is 65.8. The van der Waals surface area contributed by atoms with Gasteiger partial charge in [-0.25, -0.2) is 9.13 Å². The number of ether oxygens (including phenoxy) is 4. The van der Waals surface area contributed by atoms with E-state index < -0.39 is 97.5 Å². The van der Waals surface area contributed by atoms with Crippen molar-refractivity contribution in [2.24, 2.45) is 0 Å². The lowest BCUT2D eigenvalue weighted by atomic mass is 10.1. The number of phosphoric acid groups is 2. The number of hydrogen-bond donors (Lipinski definition) is 3. The van der Waals surface area contributed by atoms with E-state index in [1.165, 1.54) is 96.3 Å². The van der Waals surface area contributed by atoms with Gasteiger partial charge < -0.3 is 33.8 Å². The molecule has 17 nitrogen and oxygen atoms in total. The smallest absolute Gasteiger partial charge is 0.462 e. The summed E-state index contributed by atoms with van der Waals surface area (Å²) < 4.78 is 68.5. The van der Waals surface area contributed by atoms with Crippen LogP contribution in [-0.4, -0.2) is 96.7 Å². The second-order valence-electron chi connectivity index (χ2n) is 26.4. The van der Waals surface area contributed by atoms with E-state index in [0.717, 1.165) is 141 Å². The van der Waals surface area contributed by atoms with Gasteiger partial charge in [0.2, 0.25) is 0 Å². The Hall–Kier alpha value is -4.54. The summed E-state index contributed by atoms with van der Waals surface area (Å²) in [5, 5.41) is 10.6. The Balaban J connectivity index is 5.45. The number of unbranched alkanes of at least 4 members (excludes halogenated alkanes) is 31. The number of hydrogen-bond acceptors (Lipinski definition) is 15. The lowest BCUT2D eigenvalue weighted by Crippen LogP contribution is -2.30. The predicted octanol–water partition coefficient (Wildman–Crippen LogP) is 23.1. The van der Waals surface area contributed by atoms with Gasteiger partial charge in [-0.15, -0.1) is 0 Å². The molecule has 0 saturated carbocycles. The average Bonchev–Trinajstić information content (AvgIpc) is 0.923. The van der Waals surface area contributed by atoms with Gasteiger partial charge in [0, 0.05) is 25.7 Å². The van der Waals surface area contributed by atoms with Crippen LogP contribution in [0.4, 0.5) is 0 Å². The topological polar surface area (TPSA) is 237 Å². The van der Waals surface area contributed by atoms with Crippen LogP contribution in [0.3, 0.4) is 0 Å². The van der Waals surface area contributed by atoms with Crippen LogP contribution >= 0.6 is 15.6 Å². The molecule has 102 heavy (non-hydrogen) atoms. The molecule has 19 heteroatoms. The number of allylic oxidation sites excluding steroid dienone is 20. The number of esters is 4. The monoisotopic (exact) mass is 1470 g/mol. The summed E-state index contributed by atoms with van der Waals surface area (Å²) in [7, 11) is -9.99. The van der Waals surface area contributed by atoms with Gasteiger partial charge in [0.15, 0.2) is 12.2 Å². The first-order valence-corrected chi connectivity index (χ1v) is 42.8. The highest BCUT2D eigenvalue weighted by Gasteiger charge is 2.30. The van der Waals surface area contributed by atoms with E-state index in [-0.39, 0.29) is 25.7 Å². The fourth-order valence-corrected chi connectivity index (χ4v) is 11.9. The van der Waals surface area contributed by atoms with Crippen LogP contribution in [0.5, 0.6) is 0 Å². The van der Waals surface area contributed by atoms with Gasteiger partial charge >= 0.3 is 39.5 Å². The molecule has 5 atom stereocenters. The van der Waals surface area contributed by atoms with Gasteiger partial charge in [-0.05, 0) is 141 Å². The largest absolute Gasteiger partial charge is 0.472 e. The van der Waals surface area contributed by atoms with Gasteiger partial charge in [-0.3, -0.25) is 37.3 Å². The highest BCUT2D eigenvalue weighted by Crippen LogP contribution is 2.45. The molecule has 0 rings (SSSR count). The van der Waals surface area contributed by atoms with Crippen molar-refractivity contribution in [2.75, 3.05) is 39.6 Å². The summed E-state index contributed by atoms with van der Waals surface area (Å²) >= 11 is 0. The fraction of sp³-hybridized carbons (Fsp3) is 0.711. The van der Waals surface area contributed by atoms with Crippen molar-refractivity contribution in [1.29, 1.82) is 0 Å². The molecule has 0 aromatic heterocycles. The summed E-state index contributed by atoms with van der Waals surface area (Å²) in [6.07, 6.45) is 81.8. The van der Waals surface area contributed by atoms with E-state index in [9.17, 15) is 43.2 Å². The summed E-state index contributed by atoms with van der Waals surface area (Å²) in [6, 6.07) is 0. The molecule has 0 aromatic rings. The maximum atomic E-state index is 13.1. The molecule has 0 aliphatic carbocycles. The second-order valence-corrected chi connectivity index (χ2v) is 29.3. The molecule has 0 fully saturated rings. The molecule has 2 unspecified atom stereocenters. The second kappa shape index (κ2) is 74.7. The van der Waals surface area contributed by atoms with Crippen molar-refractivity contribution in [3.05, 3.63) is 122 Å². The molecule has 0 spiro atoms. The fourth-order valence-electron chi connectivity index (χ4n) is 10.3. The Morgan fingerprint density at radius 3 is 0.853 bits per heavy atom. The molecular weight excluding hydrogens is 1330 g/mol. The average molecular weight is 1470 g/mol. The van der Waals surface area contributed by atoms with Gasteiger partial charge in [0.05, 0.1) is 26.4 Å². The zero-order chi connectivity index (χ0) is 74.6. The van der Waals surface area contributed by atoms with Crippen LogP contribution < -0.4 is 0 Å². The number of aliphatic hydroxyl groups is 1. The van der Waals surface area contributed by atoms with Crippen molar-refractivity contribution < 1.29 is 80.2 Å². The molecule has 0 aliphatic rings. The van der Waals surface area contributed by atoms with E-state index in [1.807, 2.05) is 12.2 Å². The van der Waals surface area contributed by atoms with Crippen molar-refractivity contribution in [3.63, 3.8) is 0 Å². The molecule has 0 radical (unpaired) electrons. The van der Waals surface area contributed by atoms with Gasteiger partial charge in [-0.2, -0.15) is 0 Å². The van der Waals surface area contributed by atoms with Crippen molar-refractivity contribution >= 4 is 39.5 Å². The Morgan fingerprint density at radius 1 is 0.284 bits per heavy atom. The molecule has 0 amide bonds. The first kappa shape index (κ1) is 97.5. The molecule has 0 bridgehead atoms. The van der Waals surface area contributed by atoms with Crippen LogP contribution in [-0.2, 0) is 65.4 Å². The normalized spacial score (nSPS) is 14.5. The van der Waals surface area contributed by atoms with Crippen LogP contribution in [0.2, 0.25) is 0 Å². The third-order valence-corrected chi connectivity index (χ3v) is 18.4. The highest BCUT2D eigenvalue weighted by atomic mass is 31.2. The third-order valence-electron chi connectivity index (χ3n) is 16.5. The Morgan fingerprint density at radius 2 is 0.520 bits per heavy atom. The number of carbonyl (C=O) groups excluding carboxylic acids is 4. The maximum absolute atomic E-state index is 13.1. The molecule has 0 aromatic carbocycles. The minimum atomic E-state index is -5.00. The third kappa shape index (κ3) is 73.8. The zero-order valence-electron chi connectivity index (χ0n) is 64.0. The Kier molecular flexibility index (Phi) is 71.4. The predicted molar refractivity (Wildman–Crippen MR) is 418 cm³/mol. The first-order valence-electron chi connectivity index (χ1n) is 39.8. The lowest BCUT2D eigenvalue weighted by molar-refractivity contribution is -0.161. The summed E-state index contributed by atoms with van der Waals surface area (Å²) in [5.41, 5.74) is 0. The summed E-state index contributed by atoms with van der Waals surface area (Å²) in [5.74, 6) is -2.29. The van der Waals surface area contributed by atoms with Crippen LogP contribution in [0.15, 0.2) is 122 Å². The Labute approximate surface area is 619 Å². The quantitative estimate of drug-likeness (QED) is 0.0128. The number of carbonyl (C=O) groups is 4. The molecule has 0 heterocycles. The SMILES string of the molecule is CCCCC/C=C\C/C=C\C/C=C\C/C=C\CCCC(=O)OC[C@H](COP(=O)(O)OC[C@@H](O)COP(=O)(O)OC[C@@H](COC(=O)CCCCCCC/C=C\C=C/CCCCCC)OC(=O)CCCCCCC/C=C\C=C/CCCCCC)OC(=O)CCCCCCC/C=C\C=C/CCCCCC. The first-order chi connectivity index (χ1) is 49.7. The molecule has 0 aliphatic heterocycles. The van der Waals surface area contributed by atoms with E-state index in [4.69, 9.17) is 37.0 Å². The minimum Gasteiger partial charge on any atom is -0.462 e. The Bertz CT molecular complexity index is 2410. The molecule has 0 saturated heterocycles.